The van der Waals surface area contributed by atoms with E-state index in [1.54, 1.807) is 0 Å². The maximum atomic E-state index is 12.8. The average molecular weight is 306 g/mol. The van der Waals surface area contributed by atoms with Crippen molar-refractivity contribution in [1.29, 1.82) is 0 Å². The van der Waals surface area contributed by atoms with Gasteiger partial charge < -0.3 is 5.11 Å². The average Bonchev–Trinajstić information content (AvgIpc) is 2.26. The number of hydrogen-bond donors (Lipinski definition) is 1. The second-order valence-corrected chi connectivity index (χ2v) is 3.53. The van der Waals surface area contributed by atoms with Crippen LogP contribution in [0.3, 0.4) is 0 Å². The van der Waals surface area contributed by atoms with Crippen LogP contribution in [0.4, 0.5) is 39.5 Å². The van der Waals surface area contributed by atoms with Gasteiger partial charge in [-0.3, -0.25) is 0 Å². The maximum absolute atomic E-state index is 12.8. The molecule has 0 heterocycles. The summed E-state index contributed by atoms with van der Waals surface area (Å²) < 4.78 is 114. The van der Waals surface area contributed by atoms with Gasteiger partial charge in [0.05, 0.1) is 0 Å². The molecule has 0 spiro atoms. The van der Waals surface area contributed by atoms with Gasteiger partial charge in [0.25, 0.3) is 0 Å². The molecule has 0 aliphatic heterocycles. The molecule has 11 heteroatoms. The van der Waals surface area contributed by atoms with Gasteiger partial charge in [0.2, 0.25) is 0 Å². The number of halogens is 9. The standard InChI is InChI=1S/C8H7F9O2/c1-2-3(9)5(10,11)7(14,15)8(16,17)6(12,13)4(18)19/h3H,2H2,1H3,(H,18,19). The number of carboxylic acid groups (broad SMARTS) is 1. The summed E-state index contributed by atoms with van der Waals surface area (Å²) in [7, 11) is 0. The fraction of sp³-hybridized carbons (Fsp3) is 0.875. The number of aliphatic carboxylic acids is 1. The molecule has 0 saturated carbocycles. The Labute approximate surface area is 99.7 Å². The predicted molar refractivity (Wildman–Crippen MR) is 42.6 cm³/mol. The minimum atomic E-state index is -6.98. The molecule has 0 aromatic carbocycles. The summed E-state index contributed by atoms with van der Waals surface area (Å²) in [4.78, 5) is 9.78. The van der Waals surface area contributed by atoms with E-state index in [2.05, 4.69) is 0 Å². The molecule has 0 saturated heterocycles. The molecule has 0 fully saturated rings. The predicted octanol–water partition coefficient (Wildman–Crippen LogP) is 3.36. The summed E-state index contributed by atoms with van der Waals surface area (Å²) in [6, 6.07) is 0. The molecule has 0 aromatic rings. The Morgan fingerprint density at radius 1 is 1.00 bits per heavy atom. The van der Waals surface area contributed by atoms with Crippen molar-refractivity contribution in [2.75, 3.05) is 0 Å². The first-order valence-corrected chi connectivity index (χ1v) is 4.56. The van der Waals surface area contributed by atoms with Crippen molar-refractivity contribution in [3.8, 4) is 0 Å². The van der Waals surface area contributed by atoms with Crippen molar-refractivity contribution in [2.24, 2.45) is 0 Å². The van der Waals surface area contributed by atoms with E-state index in [1.165, 1.54) is 0 Å². The van der Waals surface area contributed by atoms with Crippen molar-refractivity contribution < 1.29 is 49.4 Å². The SMILES string of the molecule is CCC(F)C(F)(F)C(F)(F)C(F)(F)C(F)(F)C(=O)O. The lowest BCUT2D eigenvalue weighted by atomic mass is 9.95. The minimum absolute atomic E-state index is 0.585. The van der Waals surface area contributed by atoms with Gasteiger partial charge in [0, 0.05) is 0 Å². The third kappa shape index (κ3) is 2.34. The van der Waals surface area contributed by atoms with Crippen LogP contribution < -0.4 is 0 Å². The molecule has 0 aliphatic carbocycles. The molecule has 0 aromatic heterocycles. The summed E-state index contributed by atoms with van der Waals surface area (Å²) in [6.07, 6.45) is -5.21. The van der Waals surface area contributed by atoms with Crippen LogP contribution in [-0.2, 0) is 4.79 Å². The van der Waals surface area contributed by atoms with E-state index >= 15 is 0 Å². The first kappa shape index (κ1) is 17.8. The van der Waals surface area contributed by atoms with Gasteiger partial charge >= 0.3 is 29.7 Å². The second-order valence-electron chi connectivity index (χ2n) is 3.53. The lowest BCUT2D eigenvalue weighted by Crippen LogP contribution is -2.66. The zero-order valence-electron chi connectivity index (χ0n) is 9.04. The smallest absolute Gasteiger partial charge is 0.410 e. The highest BCUT2D eigenvalue weighted by molar-refractivity contribution is 5.77. The number of hydrogen-bond acceptors (Lipinski definition) is 1. The van der Waals surface area contributed by atoms with Crippen molar-refractivity contribution >= 4 is 5.97 Å². The minimum Gasteiger partial charge on any atom is -0.477 e. The number of alkyl halides is 9. The molecule has 0 radical (unpaired) electrons. The highest BCUT2D eigenvalue weighted by Gasteiger charge is 2.84. The first-order valence-electron chi connectivity index (χ1n) is 4.56. The molecule has 1 N–H and O–H groups in total. The zero-order chi connectivity index (χ0) is 15.9. The molecule has 19 heavy (non-hydrogen) atoms. The Kier molecular flexibility index (Phi) is 4.46. The summed E-state index contributed by atoms with van der Waals surface area (Å²) >= 11 is 0. The monoisotopic (exact) mass is 306 g/mol. The largest absolute Gasteiger partial charge is 0.477 e. The van der Waals surface area contributed by atoms with Gasteiger partial charge in [0.15, 0.2) is 6.17 Å². The van der Waals surface area contributed by atoms with Gasteiger partial charge in [-0.1, -0.05) is 6.92 Å². The van der Waals surface area contributed by atoms with Crippen molar-refractivity contribution in [1.82, 2.24) is 0 Å². The number of carboxylic acids is 1. The van der Waals surface area contributed by atoms with Gasteiger partial charge in [0.1, 0.15) is 0 Å². The van der Waals surface area contributed by atoms with Crippen LogP contribution in [0.15, 0.2) is 0 Å². The van der Waals surface area contributed by atoms with Crippen LogP contribution in [0.5, 0.6) is 0 Å². The summed E-state index contributed by atoms with van der Waals surface area (Å²) in [5.41, 5.74) is 0. The molecule has 0 rings (SSSR count). The first-order chi connectivity index (χ1) is 8.17. The van der Waals surface area contributed by atoms with Crippen molar-refractivity contribution in [2.45, 2.75) is 43.2 Å². The summed E-state index contributed by atoms with van der Waals surface area (Å²) in [5.74, 6) is -30.3. The summed E-state index contributed by atoms with van der Waals surface area (Å²) in [5, 5.41) is 7.70. The molecule has 0 aliphatic rings. The topological polar surface area (TPSA) is 37.3 Å². The third-order valence-corrected chi connectivity index (χ3v) is 2.23. The van der Waals surface area contributed by atoms with Gasteiger partial charge in [-0.2, -0.15) is 35.1 Å². The molecule has 0 bridgehead atoms. The second kappa shape index (κ2) is 4.75. The fourth-order valence-corrected chi connectivity index (χ4v) is 0.994. The molecule has 0 amide bonds. The van der Waals surface area contributed by atoms with E-state index < -0.39 is 42.3 Å². The number of carbonyl (C=O) groups is 1. The van der Waals surface area contributed by atoms with E-state index in [9.17, 15) is 44.3 Å². The molecule has 1 atom stereocenters. The van der Waals surface area contributed by atoms with E-state index in [0.717, 1.165) is 0 Å². The summed E-state index contributed by atoms with van der Waals surface area (Å²) in [6.45, 7) is 0.585. The van der Waals surface area contributed by atoms with E-state index in [1.807, 2.05) is 0 Å². The van der Waals surface area contributed by atoms with Crippen LogP contribution >= 0.6 is 0 Å². The van der Waals surface area contributed by atoms with Crippen LogP contribution in [0.1, 0.15) is 13.3 Å². The Morgan fingerprint density at radius 3 is 1.63 bits per heavy atom. The van der Waals surface area contributed by atoms with Crippen molar-refractivity contribution in [3.63, 3.8) is 0 Å². The molecule has 1 unspecified atom stereocenters. The Balaban J connectivity index is 5.83. The lowest BCUT2D eigenvalue weighted by molar-refractivity contribution is -0.369. The Morgan fingerprint density at radius 2 is 1.37 bits per heavy atom. The molecular formula is C8H7F9O2. The normalized spacial score (nSPS) is 16.3. The Hall–Kier alpha value is -1.16. The lowest BCUT2D eigenvalue weighted by Gasteiger charge is -2.36. The third-order valence-electron chi connectivity index (χ3n) is 2.23. The van der Waals surface area contributed by atoms with Crippen molar-refractivity contribution in [3.05, 3.63) is 0 Å². The fourth-order valence-electron chi connectivity index (χ4n) is 0.994. The Bertz CT molecular complexity index is 352. The van der Waals surface area contributed by atoms with Crippen LogP contribution in [0.2, 0.25) is 0 Å². The highest BCUT2D eigenvalue weighted by Crippen LogP contribution is 2.54. The maximum Gasteiger partial charge on any atom is 0.410 e. The van der Waals surface area contributed by atoms with E-state index in [-0.39, 0.29) is 0 Å². The van der Waals surface area contributed by atoms with E-state index in [4.69, 9.17) is 5.11 Å². The quantitative estimate of drug-likeness (QED) is 0.764. The van der Waals surface area contributed by atoms with E-state index in [0.29, 0.717) is 6.92 Å². The van der Waals surface area contributed by atoms with Gasteiger partial charge in [-0.15, -0.1) is 0 Å². The molecule has 114 valence electrons. The number of rotatable bonds is 6. The van der Waals surface area contributed by atoms with Gasteiger partial charge in [-0.25, -0.2) is 9.18 Å². The molecule has 2 nitrogen and oxygen atoms in total. The van der Waals surface area contributed by atoms with Crippen LogP contribution in [0, 0.1) is 0 Å². The van der Waals surface area contributed by atoms with Gasteiger partial charge in [-0.05, 0) is 6.42 Å². The van der Waals surface area contributed by atoms with Crippen LogP contribution in [-0.4, -0.2) is 40.9 Å². The molecular weight excluding hydrogens is 299 g/mol. The highest BCUT2D eigenvalue weighted by atomic mass is 19.4. The van der Waals surface area contributed by atoms with Crippen LogP contribution in [0.25, 0.3) is 0 Å². The zero-order valence-corrected chi connectivity index (χ0v) is 9.04.